The molecule has 0 spiro atoms. The van der Waals surface area contributed by atoms with E-state index in [2.05, 4.69) is 13.8 Å². The molecule has 0 radical (unpaired) electrons. The molecule has 1 heterocycles. The summed E-state index contributed by atoms with van der Waals surface area (Å²) in [7, 11) is 3.17. The van der Waals surface area contributed by atoms with Crippen LogP contribution in [0, 0.1) is 11.3 Å². The highest BCUT2D eigenvalue weighted by Crippen LogP contribution is 2.50. The van der Waals surface area contributed by atoms with Crippen molar-refractivity contribution in [1.29, 1.82) is 0 Å². The number of ether oxygens (including phenoxy) is 3. The predicted molar refractivity (Wildman–Crippen MR) is 120 cm³/mol. The number of ketones is 1. The Labute approximate surface area is 184 Å². The van der Waals surface area contributed by atoms with Crippen LogP contribution in [0.25, 0.3) is 0 Å². The van der Waals surface area contributed by atoms with Crippen LogP contribution in [0.5, 0.6) is 11.5 Å². The van der Waals surface area contributed by atoms with Crippen LogP contribution in [-0.4, -0.2) is 38.3 Å². The minimum atomic E-state index is -0.664. The molecular formula is C25H33NO5. The Kier molecular flexibility index (Phi) is 6.87. The molecule has 2 atom stereocenters. The van der Waals surface area contributed by atoms with Crippen LogP contribution >= 0.6 is 0 Å². The van der Waals surface area contributed by atoms with Gasteiger partial charge in [-0.3, -0.25) is 14.6 Å². The van der Waals surface area contributed by atoms with Gasteiger partial charge in [0.15, 0.2) is 5.78 Å². The molecule has 0 aromatic heterocycles. The summed E-state index contributed by atoms with van der Waals surface area (Å²) in [4.78, 5) is 31.3. The molecule has 3 rings (SSSR count). The standard InChI is InChI=1S/C25H33NO5/c1-7-8-11-31-24(28)21-15(2)26-18-13-25(3,4)14-19(27)23(18)22(21)17-10-9-16(29-5)12-20(17)30-6/h9-10,12,21-22H,7-8,11,13-14H2,1-6H3/t21?,22-/m1/s1. The number of esters is 1. The molecule has 1 unspecified atom stereocenters. The maximum absolute atomic E-state index is 13.3. The number of methoxy groups -OCH3 is 2. The number of hydrogen-bond acceptors (Lipinski definition) is 6. The van der Waals surface area contributed by atoms with Gasteiger partial charge in [-0.2, -0.15) is 0 Å². The first-order valence-electron chi connectivity index (χ1n) is 10.9. The topological polar surface area (TPSA) is 74.2 Å². The maximum Gasteiger partial charge on any atom is 0.315 e. The van der Waals surface area contributed by atoms with Crippen LogP contribution in [-0.2, 0) is 14.3 Å². The van der Waals surface area contributed by atoms with Crippen LogP contribution in [0.4, 0.5) is 0 Å². The lowest BCUT2D eigenvalue weighted by Crippen LogP contribution is -2.39. The Morgan fingerprint density at radius 1 is 1.19 bits per heavy atom. The van der Waals surface area contributed by atoms with Crippen molar-refractivity contribution in [2.75, 3.05) is 20.8 Å². The van der Waals surface area contributed by atoms with Crippen molar-refractivity contribution in [3.8, 4) is 11.5 Å². The first kappa shape index (κ1) is 23.0. The van der Waals surface area contributed by atoms with Gasteiger partial charge in [-0.25, -0.2) is 0 Å². The molecule has 0 fully saturated rings. The number of allylic oxidation sites excluding steroid dienone is 2. The second-order valence-electron chi connectivity index (χ2n) is 9.14. The number of rotatable bonds is 7. The first-order valence-corrected chi connectivity index (χ1v) is 10.9. The first-order chi connectivity index (χ1) is 14.7. The number of benzene rings is 1. The zero-order valence-corrected chi connectivity index (χ0v) is 19.4. The van der Waals surface area contributed by atoms with E-state index in [1.165, 1.54) is 0 Å². The number of aliphatic imine (C=N–C) groups is 1. The van der Waals surface area contributed by atoms with E-state index in [1.807, 2.05) is 26.0 Å². The van der Waals surface area contributed by atoms with Crippen molar-refractivity contribution in [2.45, 2.75) is 59.3 Å². The van der Waals surface area contributed by atoms with E-state index < -0.39 is 11.8 Å². The average Bonchev–Trinajstić information content (AvgIpc) is 2.71. The summed E-state index contributed by atoms with van der Waals surface area (Å²) in [6.07, 6.45) is 2.85. The predicted octanol–water partition coefficient (Wildman–Crippen LogP) is 4.86. The van der Waals surface area contributed by atoms with Gasteiger partial charge < -0.3 is 14.2 Å². The molecule has 1 aromatic rings. The van der Waals surface area contributed by atoms with Gasteiger partial charge in [-0.15, -0.1) is 0 Å². The largest absolute Gasteiger partial charge is 0.497 e. The lowest BCUT2D eigenvalue weighted by molar-refractivity contribution is -0.146. The van der Waals surface area contributed by atoms with Crippen LogP contribution < -0.4 is 9.47 Å². The molecule has 0 N–H and O–H groups in total. The van der Waals surface area contributed by atoms with E-state index >= 15 is 0 Å². The van der Waals surface area contributed by atoms with Crippen LogP contribution in [0.1, 0.15) is 64.9 Å². The van der Waals surface area contributed by atoms with Crippen molar-refractivity contribution < 1.29 is 23.8 Å². The zero-order valence-electron chi connectivity index (χ0n) is 19.4. The summed E-state index contributed by atoms with van der Waals surface area (Å²) in [5.74, 6) is -0.239. The van der Waals surface area contributed by atoms with E-state index in [9.17, 15) is 9.59 Å². The smallest absolute Gasteiger partial charge is 0.315 e. The number of hydrogen-bond donors (Lipinski definition) is 0. The second kappa shape index (κ2) is 9.25. The van der Waals surface area contributed by atoms with Crippen molar-refractivity contribution in [3.05, 3.63) is 35.0 Å². The highest BCUT2D eigenvalue weighted by molar-refractivity contribution is 6.09. The maximum atomic E-state index is 13.3. The van der Waals surface area contributed by atoms with Gasteiger partial charge in [-0.1, -0.05) is 33.3 Å². The van der Waals surface area contributed by atoms with Crippen molar-refractivity contribution in [3.63, 3.8) is 0 Å². The SMILES string of the molecule is CCCCOC(=O)C1C(C)=NC2=C(C(=O)CC(C)(C)C2)[C@@H]1c1ccc(OC)cc1OC. The minimum absolute atomic E-state index is 0.0386. The fourth-order valence-electron chi connectivity index (χ4n) is 4.57. The molecule has 6 nitrogen and oxygen atoms in total. The number of carbonyl (C=O) groups excluding carboxylic acids is 2. The number of carbonyl (C=O) groups is 2. The summed E-state index contributed by atoms with van der Waals surface area (Å²) in [6, 6.07) is 5.49. The summed E-state index contributed by atoms with van der Waals surface area (Å²) in [5, 5.41) is 0. The van der Waals surface area contributed by atoms with Gasteiger partial charge in [0, 0.05) is 41.0 Å². The van der Waals surface area contributed by atoms with E-state index in [0.29, 0.717) is 42.2 Å². The molecule has 1 aliphatic heterocycles. The third-order valence-electron chi connectivity index (χ3n) is 6.07. The van der Waals surface area contributed by atoms with Crippen molar-refractivity contribution >= 4 is 17.5 Å². The third kappa shape index (κ3) is 4.68. The Morgan fingerprint density at radius 2 is 1.94 bits per heavy atom. The van der Waals surface area contributed by atoms with E-state index in [-0.39, 0.29) is 17.2 Å². The number of nitrogens with zero attached hydrogens (tertiary/aromatic N) is 1. The average molecular weight is 428 g/mol. The molecule has 1 aromatic carbocycles. The molecule has 2 aliphatic rings. The fraction of sp³-hybridized carbons (Fsp3) is 0.560. The monoisotopic (exact) mass is 427 g/mol. The van der Waals surface area contributed by atoms with Gasteiger partial charge in [0.2, 0.25) is 0 Å². The molecular weight excluding hydrogens is 394 g/mol. The van der Waals surface area contributed by atoms with Gasteiger partial charge in [0.05, 0.1) is 20.8 Å². The van der Waals surface area contributed by atoms with Crippen molar-refractivity contribution in [2.24, 2.45) is 16.3 Å². The molecule has 0 amide bonds. The molecule has 168 valence electrons. The summed E-state index contributed by atoms with van der Waals surface area (Å²) < 4.78 is 16.6. The molecule has 0 saturated carbocycles. The minimum Gasteiger partial charge on any atom is -0.497 e. The Morgan fingerprint density at radius 3 is 2.58 bits per heavy atom. The van der Waals surface area contributed by atoms with Gasteiger partial charge in [-0.05, 0) is 31.2 Å². The van der Waals surface area contributed by atoms with Gasteiger partial charge >= 0.3 is 5.97 Å². The second-order valence-corrected chi connectivity index (χ2v) is 9.14. The Balaban J connectivity index is 2.15. The molecule has 0 bridgehead atoms. The summed E-state index contributed by atoms with van der Waals surface area (Å²) in [5.41, 5.74) is 2.68. The highest BCUT2D eigenvalue weighted by Gasteiger charge is 2.46. The van der Waals surface area contributed by atoms with E-state index in [1.54, 1.807) is 20.3 Å². The fourth-order valence-corrected chi connectivity index (χ4v) is 4.57. The molecule has 6 heteroatoms. The van der Waals surface area contributed by atoms with Crippen LogP contribution in [0.2, 0.25) is 0 Å². The number of unbranched alkanes of at least 4 members (excludes halogenated alkanes) is 1. The van der Waals surface area contributed by atoms with Gasteiger partial charge in [0.25, 0.3) is 0 Å². The lowest BCUT2D eigenvalue weighted by Gasteiger charge is -2.39. The molecule has 31 heavy (non-hydrogen) atoms. The van der Waals surface area contributed by atoms with E-state index in [4.69, 9.17) is 19.2 Å². The van der Waals surface area contributed by atoms with E-state index in [0.717, 1.165) is 24.1 Å². The third-order valence-corrected chi connectivity index (χ3v) is 6.07. The number of Topliss-reactive ketones (excluding diaryl/α,β-unsaturated/α-hetero) is 1. The normalized spacial score (nSPS) is 22.5. The Bertz CT molecular complexity index is 928. The highest BCUT2D eigenvalue weighted by atomic mass is 16.5. The van der Waals surface area contributed by atoms with Crippen LogP contribution in [0.3, 0.4) is 0 Å². The quantitative estimate of drug-likeness (QED) is 0.459. The molecule has 1 aliphatic carbocycles. The summed E-state index contributed by atoms with van der Waals surface area (Å²) >= 11 is 0. The van der Waals surface area contributed by atoms with Crippen molar-refractivity contribution in [1.82, 2.24) is 0 Å². The Hall–Kier alpha value is -2.63. The summed E-state index contributed by atoms with van der Waals surface area (Å²) in [6.45, 7) is 8.41. The zero-order chi connectivity index (χ0) is 22.8. The molecule has 0 saturated heterocycles. The van der Waals surface area contributed by atoms with Crippen LogP contribution in [0.15, 0.2) is 34.5 Å². The lowest BCUT2D eigenvalue weighted by atomic mass is 9.66. The van der Waals surface area contributed by atoms with Gasteiger partial charge in [0.1, 0.15) is 17.4 Å².